The number of methoxy groups -OCH3 is 1. The van der Waals surface area contributed by atoms with E-state index in [1.807, 2.05) is 0 Å². The smallest absolute Gasteiger partial charge is 0.243 e. The van der Waals surface area contributed by atoms with E-state index in [-0.39, 0.29) is 0 Å². The van der Waals surface area contributed by atoms with Gasteiger partial charge < -0.3 is 9.64 Å². The van der Waals surface area contributed by atoms with Crippen molar-refractivity contribution in [1.82, 2.24) is 4.31 Å². The fourth-order valence-electron chi connectivity index (χ4n) is 3.75. The molecule has 0 unspecified atom stereocenters. The largest absolute Gasteiger partial charge is 0.497 e. The highest BCUT2D eigenvalue weighted by Gasteiger charge is 2.30. The Morgan fingerprint density at radius 3 is 2.29 bits per heavy atom. The first-order chi connectivity index (χ1) is 13.6. The molecule has 0 atom stereocenters. The SMILES string of the molecule is COc1ccc(S(=O)(=O)N2CC[NH+](Cc3ccc4ccccc4c3)CC2)cc1. The van der Waals surface area contributed by atoms with E-state index in [4.69, 9.17) is 4.74 Å². The minimum absolute atomic E-state index is 0.325. The molecule has 6 heteroatoms. The molecule has 4 rings (SSSR count). The van der Waals surface area contributed by atoms with Crippen molar-refractivity contribution in [2.45, 2.75) is 11.4 Å². The average molecular weight is 398 g/mol. The molecule has 146 valence electrons. The number of ether oxygens (including phenoxy) is 1. The second-order valence-electron chi connectivity index (χ2n) is 7.19. The van der Waals surface area contributed by atoms with Crippen LogP contribution in [-0.4, -0.2) is 46.0 Å². The zero-order valence-corrected chi connectivity index (χ0v) is 16.8. The summed E-state index contributed by atoms with van der Waals surface area (Å²) in [6.07, 6.45) is 0. The third-order valence-electron chi connectivity index (χ3n) is 5.39. The number of fused-ring (bicyclic) bond motifs is 1. The summed E-state index contributed by atoms with van der Waals surface area (Å²) in [7, 11) is -1.88. The molecule has 1 fully saturated rings. The molecule has 28 heavy (non-hydrogen) atoms. The van der Waals surface area contributed by atoms with Gasteiger partial charge in [0.2, 0.25) is 10.0 Å². The van der Waals surface area contributed by atoms with Crippen molar-refractivity contribution in [3.05, 3.63) is 72.3 Å². The number of nitrogens with zero attached hydrogens (tertiary/aromatic N) is 1. The molecule has 1 N–H and O–H groups in total. The third kappa shape index (κ3) is 3.90. The number of hydrogen-bond donors (Lipinski definition) is 1. The molecular weight excluding hydrogens is 372 g/mol. The van der Waals surface area contributed by atoms with Gasteiger partial charge in [-0.05, 0) is 41.1 Å². The van der Waals surface area contributed by atoms with Crippen LogP contribution in [0.3, 0.4) is 0 Å². The van der Waals surface area contributed by atoms with Gasteiger partial charge in [0, 0.05) is 5.56 Å². The van der Waals surface area contributed by atoms with E-state index in [0.29, 0.717) is 23.7 Å². The Labute approximate surface area is 166 Å². The van der Waals surface area contributed by atoms with Crippen LogP contribution in [0, 0.1) is 0 Å². The molecule has 0 radical (unpaired) electrons. The molecule has 0 spiro atoms. The van der Waals surface area contributed by atoms with Crippen molar-refractivity contribution < 1.29 is 18.1 Å². The summed E-state index contributed by atoms with van der Waals surface area (Å²) in [4.78, 5) is 1.74. The maximum atomic E-state index is 12.9. The van der Waals surface area contributed by atoms with E-state index in [9.17, 15) is 8.42 Å². The molecule has 1 saturated heterocycles. The van der Waals surface area contributed by atoms with Crippen LogP contribution in [0.1, 0.15) is 5.56 Å². The minimum Gasteiger partial charge on any atom is -0.497 e. The van der Waals surface area contributed by atoms with Crippen molar-refractivity contribution in [2.75, 3.05) is 33.3 Å². The van der Waals surface area contributed by atoms with Crippen LogP contribution in [-0.2, 0) is 16.6 Å². The molecule has 0 aromatic heterocycles. The number of benzene rings is 3. The summed E-state index contributed by atoms with van der Waals surface area (Å²) < 4.78 is 32.5. The quantitative estimate of drug-likeness (QED) is 0.716. The fourth-order valence-corrected chi connectivity index (χ4v) is 5.20. The summed E-state index contributed by atoms with van der Waals surface area (Å²) in [6.45, 7) is 3.61. The zero-order chi connectivity index (χ0) is 19.6. The van der Waals surface area contributed by atoms with E-state index in [1.165, 1.54) is 21.2 Å². The molecule has 0 amide bonds. The Morgan fingerprint density at radius 2 is 1.61 bits per heavy atom. The van der Waals surface area contributed by atoms with Crippen molar-refractivity contribution in [3.63, 3.8) is 0 Å². The summed E-state index contributed by atoms with van der Waals surface area (Å²) >= 11 is 0. The Hall–Kier alpha value is -2.41. The van der Waals surface area contributed by atoms with Crippen LogP contribution >= 0.6 is 0 Å². The fraction of sp³-hybridized carbons (Fsp3) is 0.273. The topological polar surface area (TPSA) is 51.1 Å². The highest BCUT2D eigenvalue weighted by molar-refractivity contribution is 7.89. The second-order valence-corrected chi connectivity index (χ2v) is 9.13. The molecule has 0 aliphatic carbocycles. The van der Waals surface area contributed by atoms with E-state index >= 15 is 0 Å². The van der Waals surface area contributed by atoms with E-state index < -0.39 is 10.0 Å². The van der Waals surface area contributed by atoms with Gasteiger partial charge in [-0.15, -0.1) is 0 Å². The lowest BCUT2D eigenvalue weighted by atomic mass is 10.1. The Bertz CT molecular complexity index is 1060. The molecule has 1 aliphatic rings. The number of nitrogens with one attached hydrogen (secondary N) is 1. The lowest BCUT2D eigenvalue weighted by molar-refractivity contribution is -0.917. The predicted molar refractivity (Wildman–Crippen MR) is 110 cm³/mol. The second kappa shape index (κ2) is 7.91. The number of sulfonamides is 1. The van der Waals surface area contributed by atoms with Crippen LogP contribution in [0.25, 0.3) is 10.8 Å². The first kappa shape index (κ1) is 18.9. The van der Waals surface area contributed by atoms with Gasteiger partial charge in [-0.25, -0.2) is 8.42 Å². The Kier molecular flexibility index (Phi) is 5.35. The molecule has 0 bridgehead atoms. The van der Waals surface area contributed by atoms with Crippen LogP contribution in [0.15, 0.2) is 71.6 Å². The van der Waals surface area contributed by atoms with Crippen molar-refractivity contribution in [3.8, 4) is 5.75 Å². The number of rotatable bonds is 5. The summed E-state index contributed by atoms with van der Waals surface area (Å²) in [5, 5.41) is 2.50. The first-order valence-corrected chi connectivity index (χ1v) is 11.0. The maximum Gasteiger partial charge on any atom is 0.243 e. The van der Waals surface area contributed by atoms with Crippen LogP contribution < -0.4 is 9.64 Å². The predicted octanol–water partition coefficient (Wildman–Crippen LogP) is 1.94. The van der Waals surface area contributed by atoms with Gasteiger partial charge in [-0.1, -0.05) is 36.4 Å². The van der Waals surface area contributed by atoms with Gasteiger partial charge in [-0.3, -0.25) is 0 Å². The number of hydrogen-bond acceptors (Lipinski definition) is 3. The van der Waals surface area contributed by atoms with E-state index in [1.54, 1.807) is 35.7 Å². The normalized spacial score (nSPS) is 16.3. The third-order valence-corrected chi connectivity index (χ3v) is 7.31. The molecule has 1 aliphatic heterocycles. The minimum atomic E-state index is -3.45. The maximum absolute atomic E-state index is 12.9. The van der Waals surface area contributed by atoms with Crippen molar-refractivity contribution >= 4 is 20.8 Å². The standard InChI is InChI=1S/C22H24N2O3S/c1-27-21-8-10-22(11-9-21)28(25,26)24-14-12-23(13-15-24)17-18-6-7-19-4-2-3-5-20(19)16-18/h2-11,16H,12-15,17H2,1H3/p+1. The number of quaternary nitrogens is 1. The molecule has 3 aromatic rings. The van der Waals surface area contributed by atoms with E-state index in [2.05, 4.69) is 42.5 Å². The van der Waals surface area contributed by atoms with Gasteiger partial charge in [0.1, 0.15) is 12.3 Å². The first-order valence-electron chi connectivity index (χ1n) is 9.52. The van der Waals surface area contributed by atoms with Crippen LogP contribution in [0.4, 0.5) is 0 Å². The van der Waals surface area contributed by atoms with Gasteiger partial charge in [0.25, 0.3) is 0 Å². The lowest BCUT2D eigenvalue weighted by Crippen LogP contribution is -3.13. The highest BCUT2D eigenvalue weighted by atomic mass is 32.2. The molecule has 3 aromatic carbocycles. The van der Waals surface area contributed by atoms with Crippen molar-refractivity contribution in [2.24, 2.45) is 0 Å². The average Bonchev–Trinajstić information content (AvgIpc) is 2.74. The Morgan fingerprint density at radius 1 is 0.929 bits per heavy atom. The molecule has 5 nitrogen and oxygen atoms in total. The Balaban J connectivity index is 1.40. The number of piperazine rings is 1. The van der Waals surface area contributed by atoms with Gasteiger partial charge >= 0.3 is 0 Å². The van der Waals surface area contributed by atoms with Crippen molar-refractivity contribution in [1.29, 1.82) is 0 Å². The van der Waals surface area contributed by atoms with Gasteiger partial charge in [0.15, 0.2) is 0 Å². The van der Waals surface area contributed by atoms with Crippen LogP contribution in [0.2, 0.25) is 0 Å². The summed E-state index contributed by atoms with van der Waals surface area (Å²) in [6, 6.07) is 21.5. The van der Waals surface area contributed by atoms with Gasteiger partial charge in [0.05, 0.1) is 38.2 Å². The monoisotopic (exact) mass is 397 g/mol. The summed E-state index contributed by atoms with van der Waals surface area (Å²) in [5.74, 6) is 0.656. The highest BCUT2D eigenvalue weighted by Crippen LogP contribution is 2.19. The molecule has 0 saturated carbocycles. The summed E-state index contributed by atoms with van der Waals surface area (Å²) in [5.41, 5.74) is 1.29. The zero-order valence-electron chi connectivity index (χ0n) is 16.0. The lowest BCUT2D eigenvalue weighted by Gasteiger charge is -2.31. The van der Waals surface area contributed by atoms with Gasteiger partial charge in [-0.2, -0.15) is 4.31 Å². The van der Waals surface area contributed by atoms with E-state index in [0.717, 1.165) is 19.6 Å². The molecule has 1 heterocycles. The molecular formula is C22H25N2O3S+. The van der Waals surface area contributed by atoms with Crippen LogP contribution in [0.5, 0.6) is 5.75 Å².